The molecule has 0 radical (unpaired) electrons. The summed E-state index contributed by atoms with van der Waals surface area (Å²) in [5.41, 5.74) is 8.25. The highest BCUT2D eigenvalue weighted by Crippen LogP contribution is 2.15. The average Bonchev–Trinajstić information content (AvgIpc) is 3.16. The van der Waals surface area contributed by atoms with Crippen LogP contribution in [0, 0.1) is 0 Å². The van der Waals surface area contributed by atoms with Gasteiger partial charge in [-0.3, -0.25) is 4.79 Å². The van der Waals surface area contributed by atoms with Gasteiger partial charge in [0.2, 0.25) is 0 Å². The highest BCUT2D eigenvalue weighted by atomic mass is 16.5. The monoisotopic (exact) mass is 322 g/mol. The highest BCUT2D eigenvalue weighted by Gasteiger charge is 2.04. The van der Waals surface area contributed by atoms with E-state index in [1.54, 1.807) is 12.5 Å². The lowest BCUT2D eigenvalue weighted by molar-refractivity contribution is -0.118. The van der Waals surface area contributed by atoms with E-state index in [9.17, 15) is 4.79 Å². The maximum absolute atomic E-state index is 11.9. The van der Waals surface area contributed by atoms with Crippen molar-refractivity contribution in [3.63, 3.8) is 0 Å². The van der Waals surface area contributed by atoms with Crippen molar-refractivity contribution in [1.82, 2.24) is 9.55 Å². The summed E-state index contributed by atoms with van der Waals surface area (Å²) in [6.45, 7) is 0.426. The molecule has 6 nitrogen and oxygen atoms in total. The summed E-state index contributed by atoms with van der Waals surface area (Å²) in [6.07, 6.45) is 5.30. The third-order valence-electron chi connectivity index (χ3n) is 3.48. The molecule has 0 atom stereocenters. The molecular weight excluding hydrogens is 304 g/mol. The Morgan fingerprint density at radius 2 is 1.88 bits per heavy atom. The van der Waals surface area contributed by atoms with Crippen molar-refractivity contribution in [2.24, 2.45) is 5.73 Å². The first-order valence-electron chi connectivity index (χ1n) is 7.54. The maximum Gasteiger partial charge on any atom is 0.262 e. The first kappa shape index (κ1) is 15.8. The molecule has 0 saturated carbocycles. The Balaban J connectivity index is 1.52. The zero-order valence-corrected chi connectivity index (χ0v) is 13.1. The van der Waals surface area contributed by atoms with E-state index in [-0.39, 0.29) is 12.5 Å². The van der Waals surface area contributed by atoms with Gasteiger partial charge >= 0.3 is 0 Å². The van der Waals surface area contributed by atoms with Crippen LogP contribution in [0.2, 0.25) is 0 Å². The minimum atomic E-state index is -0.214. The second-order valence-electron chi connectivity index (χ2n) is 5.20. The number of anilines is 1. The van der Waals surface area contributed by atoms with Crippen molar-refractivity contribution in [2.45, 2.75) is 6.54 Å². The molecule has 1 heterocycles. The van der Waals surface area contributed by atoms with Crippen LogP contribution in [0.1, 0.15) is 5.56 Å². The number of aromatic nitrogens is 2. The highest BCUT2D eigenvalue weighted by molar-refractivity contribution is 5.91. The SMILES string of the molecule is NCc1ccc(NC(=O)COc2ccc(-n3ccnc3)cc2)cc1. The summed E-state index contributed by atoms with van der Waals surface area (Å²) in [4.78, 5) is 15.9. The normalized spacial score (nSPS) is 10.4. The Hall–Kier alpha value is -3.12. The van der Waals surface area contributed by atoms with E-state index >= 15 is 0 Å². The number of amides is 1. The molecule has 0 spiro atoms. The van der Waals surface area contributed by atoms with Crippen LogP contribution >= 0.6 is 0 Å². The molecule has 1 amide bonds. The second kappa shape index (κ2) is 7.43. The average molecular weight is 322 g/mol. The predicted octanol–water partition coefficient (Wildman–Crippen LogP) is 2.35. The second-order valence-corrected chi connectivity index (χ2v) is 5.20. The van der Waals surface area contributed by atoms with Crippen LogP contribution < -0.4 is 15.8 Å². The smallest absolute Gasteiger partial charge is 0.262 e. The van der Waals surface area contributed by atoms with E-state index < -0.39 is 0 Å². The number of hydrogen-bond acceptors (Lipinski definition) is 4. The number of benzene rings is 2. The zero-order valence-electron chi connectivity index (χ0n) is 13.1. The van der Waals surface area contributed by atoms with Gasteiger partial charge in [-0.05, 0) is 42.0 Å². The molecule has 0 unspecified atom stereocenters. The summed E-state index contributed by atoms with van der Waals surface area (Å²) in [7, 11) is 0. The summed E-state index contributed by atoms with van der Waals surface area (Å²) in [5, 5.41) is 2.78. The lowest BCUT2D eigenvalue weighted by atomic mass is 10.2. The molecule has 3 N–H and O–H groups in total. The van der Waals surface area contributed by atoms with Gasteiger partial charge in [0.15, 0.2) is 6.61 Å². The van der Waals surface area contributed by atoms with E-state index in [4.69, 9.17) is 10.5 Å². The number of hydrogen-bond donors (Lipinski definition) is 2. The van der Waals surface area contributed by atoms with Crippen LogP contribution in [0.5, 0.6) is 5.75 Å². The quantitative estimate of drug-likeness (QED) is 0.730. The Morgan fingerprint density at radius 1 is 1.12 bits per heavy atom. The standard InChI is InChI=1S/C18H18N4O2/c19-11-14-1-3-15(4-2-14)21-18(23)12-24-17-7-5-16(6-8-17)22-10-9-20-13-22/h1-10,13H,11-12,19H2,(H,21,23). The summed E-state index contributed by atoms with van der Waals surface area (Å²) >= 11 is 0. The lowest BCUT2D eigenvalue weighted by Crippen LogP contribution is -2.20. The third-order valence-corrected chi connectivity index (χ3v) is 3.48. The number of carbonyl (C=O) groups excluding carboxylic acids is 1. The summed E-state index contributed by atoms with van der Waals surface area (Å²) in [6, 6.07) is 14.8. The molecule has 0 aliphatic carbocycles. The van der Waals surface area contributed by atoms with Crippen LogP contribution in [0.4, 0.5) is 5.69 Å². The number of carbonyl (C=O) groups is 1. The molecule has 122 valence electrons. The van der Waals surface area contributed by atoms with Gasteiger partial charge in [0.05, 0.1) is 6.33 Å². The summed E-state index contributed by atoms with van der Waals surface area (Å²) < 4.78 is 7.39. The third kappa shape index (κ3) is 3.99. The Morgan fingerprint density at radius 3 is 2.50 bits per heavy atom. The predicted molar refractivity (Wildman–Crippen MR) is 92.0 cm³/mol. The Labute approximate surface area is 139 Å². The van der Waals surface area contributed by atoms with Gasteiger partial charge < -0.3 is 20.4 Å². The molecule has 3 rings (SSSR count). The number of ether oxygens (including phenoxy) is 1. The van der Waals surface area contributed by atoms with Gasteiger partial charge in [0.25, 0.3) is 5.91 Å². The largest absolute Gasteiger partial charge is 0.484 e. The fourth-order valence-electron chi connectivity index (χ4n) is 2.20. The minimum absolute atomic E-state index is 0.0525. The number of nitrogens with zero attached hydrogens (tertiary/aromatic N) is 2. The molecule has 0 aliphatic heterocycles. The molecule has 3 aromatic rings. The van der Waals surface area contributed by atoms with Crippen LogP contribution in [0.25, 0.3) is 5.69 Å². The van der Waals surface area contributed by atoms with Gasteiger partial charge in [-0.15, -0.1) is 0 Å². The van der Waals surface area contributed by atoms with Gasteiger partial charge in [0.1, 0.15) is 5.75 Å². The molecule has 0 fully saturated rings. The van der Waals surface area contributed by atoms with Gasteiger partial charge in [-0.1, -0.05) is 12.1 Å². The van der Waals surface area contributed by atoms with Gasteiger partial charge in [0, 0.05) is 30.3 Å². The molecule has 24 heavy (non-hydrogen) atoms. The summed E-state index contributed by atoms with van der Waals surface area (Å²) in [5.74, 6) is 0.418. The molecule has 2 aromatic carbocycles. The first-order chi connectivity index (χ1) is 11.7. The maximum atomic E-state index is 11.9. The topological polar surface area (TPSA) is 82.2 Å². The van der Waals surface area contributed by atoms with E-state index in [0.717, 1.165) is 16.9 Å². The number of nitrogens with one attached hydrogen (secondary N) is 1. The van der Waals surface area contributed by atoms with Crippen LogP contribution in [0.15, 0.2) is 67.3 Å². The number of rotatable bonds is 6. The lowest BCUT2D eigenvalue weighted by Gasteiger charge is -2.09. The van der Waals surface area contributed by atoms with Gasteiger partial charge in [-0.25, -0.2) is 4.98 Å². The molecular formula is C18H18N4O2. The van der Waals surface area contributed by atoms with E-state index in [0.29, 0.717) is 12.3 Å². The van der Waals surface area contributed by atoms with E-state index in [1.165, 1.54) is 0 Å². The number of nitrogens with two attached hydrogens (primary N) is 1. The first-order valence-corrected chi connectivity index (χ1v) is 7.54. The van der Waals surface area contributed by atoms with Crippen molar-refractivity contribution >= 4 is 11.6 Å². The Bertz CT molecular complexity index is 781. The fourth-order valence-corrected chi connectivity index (χ4v) is 2.20. The molecule has 0 bridgehead atoms. The van der Waals surface area contributed by atoms with Crippen LogP contribution in [-0.4, -0.2) is 22.1 Å². The van der Waals surface area contributed by atoms with Crippen molar-refractivity contribution < 1.29 is 9.53 Å². The van der Waals surface area contributed by atoms with Crippen molar-refractivity contribution in [3.05, 3.63) is 72.8 Å². The molecule has 6 heteroatoms. The van der Waals surface area contributed by atoms with Gasteiger partial charge in [-0.2, -0.15) is 0 Å². The van der Waals surface area contributed by atoms with E-state index in [2.05, 4.69) is 10.3 Å². The van der Waals surface area contributed by atoms with Crippen molar-refractivity contribution in [1.29, 1.82) is 0 Å². The van der Waals surface area contributed by atoms with E-state index in [1.807, 2.05) is 59.3 Å². The van der Waals surface area contributed by atoms with Crippen LogP contribution in [0.3, 0.4) is 0 Å². The fraction of sp³-hybridized carbons (Fsp3) is 0.111. The molecule has 0 saturated heterocycles. The van der Waals surface area contributed by atoms with Crippen LogP contribution in [-0.2, 0) is 11.3 Å². The molecule has 1 aromatic heterocycles. The molecule has 0 aliphatic rings. The zero-order chi connectivity index (χ0) is 16.8. The Kier molecular flexibility index (Phi) is 4.88. The van der Waals surface area contributed by atoms with Crippen molar-refractivity contribution in [3.8, 4) is 11.4 Å². The van der Waals surface area contributed by atoms with Crippen molar-refractivity contribution in [2.75, 3.05) is 11.9 Å². The number of imidazole rings is 1. The minimum Gasteiger partial charge on any atom is -0.484 e.